The summed E-state index contributed by atoms with van der Waals surface area (Å²) >= 11 is -0.637. The quantitative estimate of drug-likeness (QED) is 0.755. The Bertz CT molecular complexity index is 59.8. The van der Waals surface area contributed by atoms with Crippen LogP contribution in [-0.4, -0.2) is 47.0 Å². The minimum atomic E-state index is -0.637. The van der Waals surface area contributed by atoms with Crippen molar-refractivity contribution in [3.8, 4) is 0 Å². The number of unbranched alkanes of at least 4 members (excludes halogenated alkanes) is 1. The van der Waals surface area contributed by atoms with Gasteiger partial charge in [0.15, 0.2) is 0 Å². The molecule has 0 atom stereocenters. The van der Waals surface area contributed by atoms with E-state index in [1.807, 2.05) is 0 Å². The van der Waals surface area contributed by atoms with Gasteiger partial charge in [-0.05, 0) is 27.1 Å². The van der Waals surface area contributed by atoms with Crippen LogP contribution in [0.2, 0.25) is 14.0 Å². The van der Waals surface area contributed by atoms with Crippen LogP contribution in [0.4, 0.5) is 0 Å². The molecule has 0 radical (unpaired) electrons. The van der Waals surface area contributed by atoms with Gasteiger partial charge in [-0.15, -0.1) is 0 Å². The summed E-state index contributed by atoms with van der Waals surface area (Å²) in [4.78, 5) is 2.21. The predicted octanol–water partition coefficient (Wildman–Crippen LogP) is 2.72. The van der Waals surface area contributed by atoms with E-state index in [1.165, 1.54) is 19.4 Å². The van der Waals surface area contributed by atoms with Gasteiger partial charge >= 0.3 is 35.5 Å². The van der Waals surface area contributed by atoms with E-state index in [0.717, 1.165) is 0 Å². The molecule has 0 aromatic carbocycles. The Morgan fingerprint density at radius 2 is 1.45 bits per heavy atom. The molecule has 0 fully saturated rings. The van der Waals surface area contributed by atoms with Gasteiger partial charge in [-0.25, -0.2) is 0 Å². The molecule has 0 aliphatic carbocycles. The fourth-order valence-corrected chi connectivity index (χ4v) is 0.474. The Morgan fingerprint density at radius 1 is 1.09 bits per heavy atom. The molecule has 0 aliphatic heterocycles. The van der Waals surface area contributed by atoms with Crippen LogP contribution in [0.5, 0.6) is 0 Å². The molecule has 1 nitrogen and oxygen atoms in total. The second kappa shape index (κ2) is 10.8. The average Bonchev–Trinajstić information content (AvgIpc) is 1.82. The second-order valence-electron chi connectivity index (χ2n) is 3.89. The van der Waals surface area contributed by atoms with Crippen molar-refractivity contribution in [1.29, 1.82) is 0 Å². The summed E-state index contributed by atoms with van der Waals surface area (Å²) in [5.41, 5.74) is 0. The van der Waals surface area contributed by atoms with Crippen molar-refractivity contribution >= 4 is 21.4 Å². The Morgan fingerprint density at radius 3 is 1.55 bits per heavy atom. The fraction of sp³-hybridized carbons (Fsp3) is 1.00. The van der Waals surface area contributed by atoms with E-state index < -0.39 is 21.4 Å². The molecule has 0 rings (SSSR count). The molecular weight excluding hydrogens is 237 g/mol. The summed E-state index contributed by atoms with van der Waals surface area (Å²) in [6.07, 6.45) is 2.63. The fourth-order valence-electron chi connectivity index (χ4n) is 0.474. The Hall–Kier alpha value is 0.830. The summed E-state index contributed by atoms with van der Waals surface area (Å²) in [7, 11) is 4.21. The van der Waals surface area contributed by atoms with Gasteiger partial charge in [0.2, 0.25) is 0 Å². The molecule has 0 saturated carbocycles. The van der Waals surface area contributed by atoms with Gasteiger partial charge < -0.3 is 4.90 Å². The maximum atomic E-state index is 2.38. The molecular formula is C9H24InN. The third kappa shape index (κ3) is 36.2. The van der Waals surface area contributed by atoms with Crippen molar-refractivity contribution < 1.29 is 0 Å². The van der Waals surface area contributed by atoms with Crippen molar-refractivity contribution in [1.82, 2.24) is 4.90 Å². The van der Waals surface area contributed by atoms with Crippen molar-refractivity contribution in [2.24, 2.45) is 0 Å². The second-order valence-corrected chi connectivity index (χ2v) is 13.8. The summed E-state index contributed by atoms with van der Waals surface area (Å²) in [5, 5.41) is 0. The molecule has 0 aromatic heterocycles. The van der Waals surface area contributed by atoms with E-state index >= 15 is 0 Å². The van der Waals surface area contributed by atoms with Crippen molar-refractivity contribution in [3.05, 3.63) is 0 Å². The zero-order chi connectivity index (χ0) is 9.28. The van der Waals surface area contributed by atoms with Crippen LogP contribution in [0, 0.1) is 0 Å². The first-order chi connectivity index (χ1) is 5.00. The molecule has 0 bridgehead atoms. The molecule has 0 aliphatic rings. The molecule has 11 heavy (non-hydrogen) atoms. The molecule has 68 valence electrons. The summed E-state index contributed by atoms with van der Waals surface area (Å²) in [5.74, 6) is 0. The minimum absolute atomic E-state index is 0.637. The van der Waals surface area contributed by atoms with E-state index in [9.17, 15) is 0 Å². The zero-order valence-corrected chi connectivity index (χ0v) is 12.4. The molecule has 2 heteroatoms. The van der Waals surface area contributed by atoms with Gasteiger partial charge in [0, 0.05) is 0 Å². The maximum absolute atomic E-state index is 2.38. The molecule has 0 spiro atoms. The number of nitrogens with zero attached hydrogens (tertiary/aromatic N) is 1. The van der Waals surface area contributed by atoms with Crippen LogP contribution in [0.1, 0.15) is 19.8 Å². The van der Waals surface area contributed by atoms with Gasteiger partial charge in [0.05, 0.1) is 0 Å². The van der Waals surface area contributed by atoms with Gasteiger partial charge in [0.1, 0.15) is 0 Å². The zero-order valence-electron chi connectivity index (χ0n) is 9.15. The van der Waals surface area contributed by atoms with Gasteiger partial charge in [-0.1, -0.05) is 13.3 Å². The molecule has 0 amide bonds. The first-order valence-corrected chi connectivity index (χ1v) is 14.5. The van der Waals surface area contributed by atoms with E-state index in [-0.39, 0.29) is 0 Å². The van der Waals surface area contributed by atoms with Gasteiger partial charge in [-0.2, -0.15) is 0 Å². The van der Waals surface area contributed by atoms with Crippen LogP contribution >= 0.6 is 0 Å². The first kappa shape index (κ1) is 14.4. The van der Waals surface area contributed by atoms with Crippen LogP contribution in [0.15, 0.2) is 0 Å². The van der Waals surface area contributed by atoms with Crippen molar-refractivity contribution in [2.45, 2.75) is 33.8 Å². The molecule has 0 heterocycles. The van der Waals surface area contributed by atoms with E-state index in [2.05, 4.69) is 40.0 Å². The van der Waals surface area contributed by atoms with Crippen LogP contribution in [0.25, 0.3) is 0 Å². The number of rotatable bonds is 3. The third-order valence-corrected chi connectivity index (χ3v) is 0.959. The molecule has 0 aromatic rings. The predicted molar refractivity (Wildman–Crippen MR) is 56.8 cm³/mol. The normalized spacial score (nSPS) is 9.00. The van der Waals surface area contributed by atoms with Crippen molar-refractivity contribution in [2.75, 3.05) is 20.6 Å². The third-order valence-electron chi connectivity index (χ3n) is 0.959. The van der Waals surface area contributed by atoms with E-state index in [1.54, 1.807) is 0 Å². The Balaban J connectivity index is 0. The Labute approximate surface area is 80.7 Å². The standard InChI is InChI=1S/C6H15N.3CH3.In/c1-4-5-6-7(2)3;;;;/h4-6H2,1-3H3;3*1H3;. The number of hydrogen-bond acceptors (Lipinski definition) is 1. The first-order valence-electron chi connectivity index (χ1n) is 4.65. The van der Waals surface area contributed by atoms with Crippen molar-refractivity contribution in [3.63, 3.8) is 0 Å². The van der Waals surface area contributed by atoms with Crippen LogP contribution in [0.3, 0.4) is 0 Å². The molecule has 0 saturated heterocycles. The van der Waals surface area contributed by atoms with Gasteiger partial charge in [-0.3, -0.25) is 0 Å². The average molecular weight is 261 g/mol. The monoisotopic (exact) mass is 261 g/mol. The molecule has 0 N–H and O–H groups in total. The summed E-state index contributed by atoms with van der Waals surface area (Å²) in [6, 6.07) is 0. The van der Waals surface area contributed by atoms with E-state index in [4.69, 9.17) is 0 Å². The molecule has 0 unspecified atom stereocenters. The number of hydrogen-bond donors (Lipinski definition) is 0. The summed E-state index contributed by atoms with van der Waals surface area (Å²) in [6.45, 7) is 3.44. The Kier molecular flexibility index (Phi) is 14.1. The van der Waals surface area contributed by atoms with Gasteiger partial charge in [0.25, 0.3) is 0 Å². The van der Waals surface area contributed by atoms with Crippen LogP contribution < -0.4 is 0 Å². The summed E-state index contributed by atoms with van der Waals surface area (Å²) < 4.78 is 7.13. The van der Waals surface area contributed by atoms with E-state index in [0.29, 0.717) is 0 Å². The van der Waals surface area contributed by atoms with Crippen LogP contribution in [-0.2, 0) is 0 Å². The topological polar surface area (TPSA) is 3.24 Å². The SMILES string of the molecule is CCCCN(C)C.[CH3][In]([CH3])[CH3].